The predicted octanol–water partition coefficient (Wildman–Crippen LogP) is 1.14. The van der Waals surface area contributed by atoms with E-state index in [1.807, 2.05) is 0 Å². The van der Waals surface area contributed by atoms with E-state index in [4.69, 9.17) is 9.63 Å². The van der Waals surface area contributed by atoms with E-state index < -0.39 is 0 Å². The topological polar surface area (TPSA) is 66.6 Å². The van der Waals surface area contributed by atoms with Crippen molar-refractivity contribution in [3.8, 4) is 0 Å². The Morgan fingerprint density at radius 1 is 1.59 bits per heavy atom. The van der Waals surface area contributed by atoms with E-state index in [9.17, 15) is 4.79 Å². The number of nitrogens with zero attached hydrogens (tertiary/aromatic N) is 2. The first-order chi connectivity index (χ1) is 8.13. The summed E-state index contributed by atoms with van der Waals surface area (Å²) in [6.07, 6.45) is 1.93. The minimum atomic E-state index is -0.0283. The normalized spacial score (nSPS) is 20.6. The number of aryl methyl sites for hydroxylation is 2. The smallest absolute Gasteiger partial charge is 0.259 e. The fourth-order valence-electron chi connectivity index (χ4n) is 2.34. The molecule has 0 aliphatic carbocycles. The quantitative estimate of drug-likeness (QED) is 0.839. The van der Waals surface area contributed by atoms with Crippen LogP contribution in [-0.4, -0.2) is 40.8 Å². The molecular formula is C12H18N2O3. The summed E-state index contributed by atoms with van der Waals surface area (Å²) in [6.45, 7) is 5.04. The molecule has 1 saturated heterocycles. The first kappa shape index (κ1) is 12.1. The maximum atomic E-state index is 12.3. The van der Waals surface area contributed by atoms with Gasteiger partial charge in [0.15, 0.2) is 0 Å². The van der Waals surface area contributed by atoms with Gasteiger partial charge in [-0.1, -0.05) is 5.16 Å². The van der Waals surface area contributed by atoms with E-state index in [2.05, 4.69) is 5.16 Å². The number of carbonyl (C=O) groups excluding carboxylic acids is 1. The molecule has 1 aromatic heterocycles. The molecule has 1 N–H and O–H groups in total. The maximum absolute atomic E-state index is 12.3. The van der Waals surface area contributed by atoms with Crippen LogP contribution in [0.15, 0.2) is 4.52 Å². The predicted molar refractivity (Wildman–Crippen MR) is 61.7 cm³/mol. The molecule has 1 amide bonds. The lowest BCUT2D eigenvalue weighted by atomic mass is 9.98. The van der Waals surface area contributed by atoms with Crippen LogP contribution < -0.4 is 0 Å². The minimum Gasteiger partial charge on any atom is -0.396 e. The lowest BCUT2D eigenvalue weighted by molar-refractivity contribution is 0.0618. The summed E-state index contributed by atoms with van der Waals surface area (Å²) in [5.41, 5.74) is 1.21. The van der Waals surface area contributed by atoms with Crippen molar-refractivity contribution in [3.63, 3.8) is 0 Å². The van der Waals surface area contributed by atoms with E-state index in [-0.39, 0.29) is 18.4 Å². The van der Waals surface area contributed by atoms with Crippen LogP contribution in [0.4, 0.5) is 0 Å². The fraction of sp³-hybridized carbons (Fsp3) is 0.667. The van der Waals surface area contributed by atoms with Crippen LogP contribution in [0.25, 0.3) is 0 Å². The second kappa shape index (κ2) is 4.87. The maximum Gasteiger partial charge on any atom is 0.259 e. The van der Waals surface area contributed by atoms with Gasteiger partial charge in [-0.25, -0.2) is 0 Å². The Hall–Kier alpha value is -1.36. The number of rotatable bonds is 2. The first-order valence-electron chi connectivity index (χ1n) is 5.96. The van der Waals surface area contributed by atoms with Crippen molar-refractivity contribution in [2.45, 2.75) is 26.7 Å². The zero-order valence-electron chi connectivity index (χ0n) is 10.3. The van der Waals surface area contributed by atoms with Gasteiger partial charge in [0.05, 0.1) is 5.69 Å². The van der Waals surface area contributed by atoms with Crippen molar-refractivity contribution < 1.29 is 14.4 Å². The average Bonchev–Trinajstić information content (AvgIpc) is 2.68. The van der Waals surface area contributed by atoms with Crippen molar-refractivity contribution in [3.05, 3.63) is 17.0 Å². The van der Waals surface area contributed by atoms with Crippen molar-refractivity contribution in [2.75, 3.05) is 19.7 Å². The molecule has 0 spiro atoms. The lowest BCUT2D eigenvalue weighted by Crippen LogP contribution is -2.41. The van der Waals surface area contributed by atoms with Gasteiger partial charge in [-0.2, -0.15) is 0 Å². The fourth-order valence-corrected chi connectivity index (χ4v) is 2.34. The minimum absolute atomic E-state index is 0.0283. The van der Waals surface area contributed by atoms with Crippen molar-refractivity contribution in [1.82, 2.24) is 10.1 Å². The van der Waals surface area contributed by atoms with Gasteiger partial charge in [-0.05, 0) is 32.6 Å². The van der Waals surface area contributed by atoms with Crippen LogP contribution in [0, 0.1) is 19.8 Å². The second-order valence-electron chi connectivity index (χ2n) is 4.64. The first-order valence-corrected chi connectivity index (χ1v) is 5.96. The molecule has 1 aliphatic rings. The molecule has 1 fully saturated rings. The van der Waals surface area contributed by atoms with E-state index in [0.717, 1.165) is 19.4 Å². The largest absolute Gasteiger partial charge is 0.396 e. The van der Waals surface area contributed by atoms with Gasteiger partial charge in [-0.15, -0.1) is 0 Å². The molecule has 1 unspecified atom stereocenters. The molecule has 2 rings (SSSR count). The van der Waals surface area contributed by atoms with Crippen LogP contribution >= 0.6 is 0 Å². The molecule has 0 radical (unpaired) electrons. The van der Waals surface area contributed by atoms with Crippen molar-refractivity contribution in [2.24, 2.45) is 5.92 Å². The van der Waals surface area contributed by atoms with Crippen LogP contribution in [0.3, 0.4) is 0 Å². The summed E-state index contributed by atoms with van der Waals surface area (Å²) in [7, 11) is 0. The zero-order valence-corrected chi connectivity index (χ0v) is 10.3. The summed E-state index contributed by atoms with van der Waals surface area (Å²) in [4.78, 5) is 14.1. The summed E-state index contributed by atoms with van der Waals surface area (Å²) >= 11 is 0. The molecule has 1 atom stereocenters. The molecule has 94 valence electrons. The van der Waals surface area contributed by atoms with Gasteiger partial charge < -0.3 is 14.5 Å². The Balaban J connectivity index is 2.15. The Labute approximate surface area is 100 Å². The van der Waals surface area contributed by atoms with Crippen LogP contribution in [0.1, 0.15) is 34.7 Å². The number of hydrogen-bond acceptors (Lipinski definition) is 4. The zero-order chi connectivity index (χ0) is 12.4. The van der Waals surface area contributed by atoms with Crippen molar-refractivity contribution in [1.29, 1.82) is 0 Å². The van der Waals surface area contributed by atoms with E-state index >= 15 is 0 Å². The van der Waals surface area contributed by atoms with E-state index in [0.29, 0.717) is 23.6 Å². The lowest BCUT2D eigenvalue weighted by Gasteiger charge is -2.31. The Bertz CT molecular complexity index is 394. The summed E-state index contributed by atoms with van der Waals surface area (Å²) < 4.78 is 5.01. The number of piperidine rings is 1. The molecule has 17 heavy (non-hydrogen) atoms. The van der Waals surface area contributed by atoms with Crippen LogP contribution in [0.2, 0.25) is 0 Å². The molecule has 0 bridgehead atoms. The van der Waals surface area contributed by atoms with E-state index in [1.165, 1.54) is 0 Å². The van der Waals surface area contributed by atoms with Crippen LogP contribution in [0.5, 0.6) is 0 Å². The molecular weight excluding hydrogens is 220 g/mol. The highest BCUT2D eigenvalue weighted by atomic mass is 16.5. The summed E-state index contributed by atoms with van der Waals surface area (Å²) in [5, 5.41) is 13.0. The number of aromatic nitrogens is 1. The third-order valence-electron chi connectivity index (χ3n) is 3.31. The SMILES string of the molecule is Cc1noc(C)c1C(=O)N1CCCC(CO)C1. The molecule has 5 nitrogen and oxygen atoms in total. The molecule has 0 aromatic carbocycles. The average molecular weight is 238 g/mol. The number of carbonyl (C=O) groups is 1. The highest BCUT2D eigenvalue weighted by molar-refractivity contribution is 5.96. The van der Waals surface area contributed by atoms with Crippen molar-refractivity contribution >= 4 is 5.91 Å². The highest BCUT2D eigenvalue weighted by Gasteiger charge is 2.27. The summed E-state index contributed by atoms with van der Waals surface area (Å²) in [6, 6.07) is 0. The number of hydrogen-bond donors (Lipinski definition) is 1. The standard InChI is InChI=1S/C12H18N2O3/c1-8-11(9(2)17-13-8)12(16)14-5-3-4-10(6-14)7-15/h10,15H,3-7H2,1-2H3. The third kappa shape index (κ3) is 2.34. The Kier molecular flexibility index (Phi) is 3.47. The Morgan fingerprint density at radius 2 is 2.35 bits per heavy atom. The number of likely N-dealkylation sites (tertiary alicyclic amines) is 1. The molecule has 2 heterocycles. The summed E-state index contributed by atoms with van der Waals surface area (Å²) in [5.74, 6) is 0.742. The van der Waals surface area contributed by atoms with Gasteiger partial charge >= 0.3 is 0 Å². The van der Waals surface area contributed by atoms with Gasteiger partial charge in [0, 0.05) is 19.7 Å². The monoisotopic (exact) mass is 238 g/mol. The second-order valence-corrected chi connectivity index (χ2v) is 4.64. The van der Waals surface area contributed by atoms with E-state index in [1.54, 1.807) is 18.7 Å². The molecule has 5 heteroatoms. The van der Waals surface area contributed by atoms with Gasteiger partial charge in [0.2, 0.25) is 0 Å². The van der Waals surface area contributed by atoms with Crippen LogP contribution in [-0.2, 0) is 0 Å². The van der Waals surface area contributed by atoms with Gasteiger partial charge in [0.25, 0.3) is 5.91 Å². The molecule has 1 aliphatic heterocycles. The third-order valence-corrected chi connectivity index (χ3v) is 3.31. The Morgan fingerprint density at radius 3 is 2.94 bits per heavy atom. The highest BCUT2D eigenvalue weighted by Crippen LogP contribution is 2.21. The molecule has 0 saturated carbocycles. The van der Waals surface area contributed by atoms with Gasteiger partial charge in [-0.3, -0.25) is 4.79 Å². The number of amides is 1. The number of aliphatic hydroxyl groups excluding tert-OH is 1. The number of aliphatic hydroxyl groups is 1. The van der Waals surface area contributed by atoms with Gasteiger partial charge in [0.1, 0.15) is 11.3 Å². The molecule has 1 aromatic rings.